The van der Waals surface area contributed by atoms with Crippen LogP contribution in [-0.2, 0) is 18.9 Å². The lowest BCUT2D eigenvalue weighted by Gasteiger charge is -2.18. The van der Waals surface area contributed by atoms with E-state index in [1.54, 1.807) is 55.6 Å². The topological polar surface area (TPSA) is 71.1 Å². The maximum Gasteiger partial charge on any atom is 0.338 e. The molecular weight excluding hydrogens is 348 g/mol. The number of ether oxygens (including phenoxy) is 4. The van der Waals surface area contributed by atoms with Crippen molar-refractivity contribution in [3.05, 3.63) is 71.8 Å². The molecule has 2 aromatic rings. The van der Waals surface area contributed by atoms with Gasteiger partial charge in [0, 0.05) is 19.4 Å². The fourth-order valence-electron chi connectivity index (χ4n) is 2.92. The van der Waals surface area contributed by atoms with E-state index >= 15 is 0 Å². The first-order chi connectivity index (χ1) is 13.2. The van der Waals surface area contributed by atoms with Gasteiger partial charge in [0.1, 0.15) is 12.7 Å². The molecule has 1 unspecified atom stereocenters. The maximum atomic E-state index is 12.1. The summed E-state index contributed by atoms with van der Waals surface area (Å²) in [5.41, 5.74) is 0.970. The maximum absolute atomic E-state index is 12.1. The third-order valence-electron chi connectivity index (χ3n) is 4.44. The van der Waals surface area contributed by atoms with E-state index in [9.17, 15) is 9.59 Å². The first-order valence-corrected chi connectivity index (χ1v) is 8.80. The van der Waals surface area contributed by atoms with Crippen LogP contribution in [0.4, 0.5) is 0 Å². The number of rotatable bonds is 7. The predicted molar refractivity (Wildman–Crippen MR) is 97.2 cm³/mol. The summed E-state index contributed by atoms with van der Waals surface area (Å²) in [6, 6.07) is 17.5. The predicted octanol–water partition coefficient (Wildman–Crippen LogP) is 3.08. The minimum Gasteiger partial charge on any atom is -0.462 e. The lowest BCUT2D eigenvalue weighted by atomic mass is 10.0. The van der Waals surface area contributed by atoms with Gasteiger partial charge in [-0.15, -0.1) is 0 Å². The van der Waals surface area contributed by atoms with Gasteiger partial charge in [-0.1, -0.05) is 36.4 Å². The SMILES string of the molecule is COC1C[C@H](COC(=O)c2ccccc2)[C@@H](COC(=O)c2ccccc2)O1. The molecule has 142 valence electrons. The van der Waals surface area contributed by atoms with Crippen molar-refractivity contribution in [1.29, 1.82) is 0 Å². The Morgan fingerprint density at radius 3 is 1.93 bits per heavy atom. The Morgan fingerprint density at radius 1 is 0.889 bits per heavy atom. The lowest BCUT2D eigenvalue weighted by molar-refractivity contribution is -0.126. The number of hydrogen-bond donors (Lipinski definition) is 0. The van der Waals surface area contributed by atoms with Crippen molar-refractivity contribution in [3.8, 4) is 0 Å². The number of esters is 2. The molecule has 0 amide bonds. The van der Waals surface area contributed by atoms with Gasteiger partial charge in [0.05, 0.1) is 17.7 Å². The molecule has 0 N–H and O–H groups in total. The molecule has 27 heavy (non-hydrogen) atoms. The number of carbonyl (C=O) groups is 2. The number of carbonyl (C=O) groups excluding carboxylic acids is 2. The summed E-state index contributed by atoms with van der Waals surface area (Å²) in [6.45, 7) is 0.238. The minimum atomic E-state index is -0.417. The highest BCUT2D eigenvalue weighted by molar-refractivity contribution is 5.89. The van der Waals surface area contributed by atoms with Crippen LogP contribution in [0.25, 0.3) is 0 Å². The molecule has 0 aliphatic carbocycles. The molecule has 1 heterocycles. The van der Waals surface area contributed by atoms with Crippen LogP contribution in [0.5, 0.6) is 0 Å². The zero-order valence-electron chi connectivity index (χ0n) is 15.1. The molecule has 6 nitrogen and oxygen atoms in total. The highest BCUT2D eigenvalue weighted by Crippen LogP contribution is 2.28. The molecule has 1 aliphatic rings. The number of methoxy groups -OCH3 is 1. The van der Waals surface area contributed by atoms with Gasteiger partial charge in [-0.3, -0.25) is 0 Å². The summed E-state index contributed by atoms with van der Waals surface area (Å²) >= 11 is 0. The first-order valence-electron chi connectivity index (χ1n) is 8.80. The van der Waals surface area contributed by atoms with Gasteiger partial charge in [-0.25, -0.2) is 9.59 Å². The van der Waals surface area contributed by atoms with Crippen molar-refractivity contribution in [1.82, 2.24) is 0 Å². The third-order valence-corrected chi connectivity index (χ3v) is 4.44. The van der Waals surface area contributed by atoms with Crippen LogP contribution in [0.2, 0.25) is 0 Å². The smallest absolute Gasteiger partial charge is 0.338 e. The van der Waals surface area contributed by atoms with Crippen LogP contribution in [-0.4, -0.2) is 44.7 Å². The van der Waals surface area contributed by atoms with Gasteiger partial charge >= 0.3 is 11.9 Å². The molecule has 0 radical (unpaired) electrons. The molecule has 6 heteroatoms. The van der Waals surface area contributed by atoms with Gasteiger partial charge < -0.3 is 18.9 Å². The molecular formula is C21H22O6. The van der Waals surface area contributed by atoms with Crippen LogP contribution in [0, 0.1) is 5.92 Å². The van der Waals surface area contributed by atoms with Crippen LogP contribution in [0.3, 0.4) is 0 Å². The Balaban J connectivity index is 1.54. The Morgan fingerprint density at radius 2 is 1.41 bits per heavy atom. The standard InChI is InChI=1S/C21H22O6/c1-24-19-12-17(13-25-20(22)15-8-4-2-5-9-15)18(27-19)14-26-21(23)16-10-6-3-7-11-16/h2-11,17-19H,12-14H2,1H3/t17-,18-,19?/m1/s1. The van der Waals surface area contributed by atoms with Crippen molar-refractivity contribution in [2.75, 3.05) is 20.3 Å². The molecule has 1 fully saturated rings. The van der Waals surface area contributed by atoms with Gasteiger partial charge in [-0.2, -0.15) is 0 Å². The Hall–Kier alpha value is -2.70. The van der Waals surface area contributed by atoms with E-state index in [0.29, 0.717) is 17.5 Å². The van der Waals surface area contributed by atoms with Crippen molar-refractivity contribution in [3.63, 3.8) is 0 Å². The average Bonchev–Trinajstić information content (AvgIpc) is 3.13. The van der Waals surface area contributed by atoms with E-state index in [-0.39, 0.29) is 19.1 Å². The second kappa shape index (κ2) is 9.30. The van der Waals surface area contributed by atoms with Crippen LogP contribution >= 0.6 is 0 Å². The highest BCUT2D eigenvalue weighted by atomic mass is 16.7. The van der Waals surface area contributed by atoms with E-state index in [2.05, 4.69) is 0 Å². The van der Waals surface area contributed by atoms with E-state index < -0.39 is 24.3 Å². The Kier molecular flexibility index (Phi) is 6.57. The fourth-order valence-corrected chi connectivity index (χ4v) is 2.92. The van der Waals surface area contributed by atoms with Gasteiger partial charge in [0.25, 0.3) is 0 Å². The second-order valence-electron chi connectivity index (χ2n) is 6.26. The van der Waals surface area contributed by atoms with E-state index in [4.69, 9.17) is 18.9 Å². The highest BCUT2D eigenvalue weighted by Gasteiger charge is 2.37. The molecule has 0 bridgehead atoms. The van der Waals surface area contributed by atoms with Gasteiger partial charge in [0.2, 0.25) is 0 Å². The molecule has 1 saturated heterocycles. The van der Waals surface area contributed by atoms with E-state index in [1.807, 2.05) is 12.1 Å². The molecule has 0 aromatic heterocycles. The average molecular weight is 370 g/mol. The number of hydrogen-bond acceptors (Lipinski definition) is 6. The fraction of sp³-hybridized carbons (Fsp3) is 0.333. The summed E-state index contributed by atoms with van der Waals surface area (Å²) in [6.07, 6.45) is -0.247. The van der Waals surface area contributed by atoms with Crippen LogP contribution in [0.1, 0.15) is 27.1 Å². The molecule has 0 spiro atoms. The van der Waals surface area contributed by atoms with Crippen molar-refractivity contribution in [2.45, 2.75) is 18.8 Å². The second-order valence-corrected chi connectivity index (χ2v) is 6.26. The lowest BCUT2D eigenvalue weighted by Crippen LogP contribution is -2.28. The number of benzene rings is 2. The molecule has 1 aliphatic heterocycles. The van der Waals surface area contributed by atoms with Gasteiger partial charge in [-0.05, 0) is 24.3 Å². The largest absolute Gasteiger partial charge is 0.462 e. The zero-order valence-corrected chi connectivity index (χ0v) is 15.1. The van der Waals surface area contributed by atoms with Crippen molar-refractivity contribution < 1.29 is 28.5 Å². The summed E-state index contributed by atoms with van der Waals surface area (Å²) < 4.78 is 21.8. The monoisotopic (exact) mass is 370 g/mol. The van der Waals surface area contributed by atoms with Crippen molar-refractivity contribution >= 4 is 11.9 Å². The normalized spacial score (nSPS) is 21.6. The first kappa shape index (κ1) is 19.1. The Labute approximate surface area is 158 Å². The quantitative estimate of drug-likeness (QED) is 0.698. The minimum absolute atomic E-state index is 0.0706. The summed E-state index contributed by atoms with van der Waals surface area (Å²) in [5.74, 6) is -0.928. The third kappa shape index (κ3) is 5.15. The summed E-state index contributed by atoms with van der Waals surface area (Å²) in [7, 11) is 1.55. The van der Waals surface area contributed by atoms with E-state index in [0.717, 1.165) is 0 Å². The van der Waals surface area contributed by atoms with E-state index in [1.165, 1.54) is 0 Å². The van der Waals surface area contributed by atoms with Crippen LogP contribution in [0.15, 0.2) is 60.7 Å². The van der Waals surface area contributed by atoms with Gasteiger partial charge in [0.15, 0.2) is 6.29 Å². The molecule has 0 saturated carbocycles. The summed E-state index contributed by atoms with van der Waals surface area (Å²) in [4.78, 5) is 24.2. The Bertz CT molecular complexity index is 682. The molecule has 2 aromatic carbocycles. The zero-order chi connectivity index (χ0) is 19.1. The molecule has 3 atom stereocenters. The molecule has 3 rings (SSSR count). The van der Waals surface area contributed by atoms with Crippen LogP contribution < -0.4 is 0 Å². The summed E-state index contributed by atoms with van der Waals surface area (Å²) in [5, 5.41) is 0. The van der Waals surface area contributed by atoms with Crippen molar-refractivity contribution in [2.24, 2.45) is 5.92 Å².